The number of nitrogens with one attached hydrogen (secondary N) is 1. The lowest BCUT2D eigenvalue weighted by Crippen LogP contribution is -2.23. The molecule has 2 aromatic rings. The molecule has 1 unspecified atom stereocenters. The first-order valence-corrected chi connectivity index (χ1v) is 8.95. The number of thiazole rings is 1. The maximum Gasteiger partial charge on any atom is 0.230 e. The lowest BCUT2D eigenvalue weighted by Gasteiger charge is -2.06. The Morgan fingerprint density at radius 1 is 1.45 bits per heavy atom. The number of sulfone groups is 1. The number of nitrogens with zero attached hydrogens (tertiary/aromatic N) is 1. The molecule has 7 heteroatoms. The number of amides is 1. The molecule has 1 fully saturated rings. The molecule has 0 aliphatic carbocycles. The molecule has 1 aromatic carbocycles. The van der Waals surface area contributed by atoms with E-state index in [1.54, 1.807) is 0 Å². The van der Waals surface area contributed by atoms with Crippen molar-refractivity contribution in [2.75, 3.05) is 16.8 Å². The summed E-state index contributed by atoms with van der Waals surface area (Å²) in [5, 5.41) is 3.26. The van der Waals surface area contributed by atoms with Gasteiger partial charge >= 0.3 is 0 Å². The first-order chi connectivity index (χ1) is 9.43. The van der Waals surface area contributed by atoms with E-state index in [1.807, 2.05) is 25.1 Å². The smallest absolute Gasteiger partial charge is 0.230 e. The van der Waals surface area contributed by atoms with E-state index < -0.39 is 15.8 Å². The van der Waals surface area contributed by atoms with Crippen LogP contribution in [-0.2, 0) is 14.6 Å². The van der Waals surface area contributed by atoms with E-state index >= 15 is 0 Å². The molecular weight excluding hydrogens is 296 g/mol. The Bertz CT molecular complexity index is 780. The summed E-state index contributed by atoms with van der Waals surface area (Å²) < 4.78 is 23.8. The largest absolute Gasteiger partial charge is 0.302 e. The quantitative estimate of drug-likeness (QED) is 0.920. The third-order valence-electron chi connectivity index (χ3n) is 3.38. The van der Waals surface area contributed by atoms with Gasteiger partial charge in [-0.2, -0.15) is 0 Å². The molecule has 0 saturated carbocycles. The third-order valence-corrected chi connectivity index (χ3v) is 6.08. The van der Waals surface area contributed by atoms with Crippen molar-refractivity contribution < 1.29 is 13.2 Å². The van der Waals surface area contributed by atoms with Crippen LogP contribution in [0.1, 0.15) is 12.0 Å². The normalized spacial score (nSPS) is 21.1. The van der Waals surface area contributed by atoms with Crippen LogP contribution in [0.5, 0.6) is 0 Å². The summed E-state index contributed by atoms with van der Waals surface area (Å²) in [5.74, 6) is -0.650. The topological polar surface area (TPSA) is 76.1 Å². The molecule has 0 radical (unpaired) electrons. The van der Waals surface area contributed by atoms with Crippen molar-refractivity contribution in [3.63, 3.8) is 0 Å². The maximum absolute atomic E-state index is 12.0. The Kier molecular flexibility index (Phi) is 3.25. The Morgan fingerprint density at radius 2 is 2.25 bits per heavy atom. The number of hydrogen-bond acceptors (Lipinski definition) is 5. The molecule has 1 saturated heterocycles. The van der Waals surface area contributed by atoms with Gasteiger partial charge in [0.2, 0.25) is 5.91 Å². The minimum absolute atomic E-state index is 0.0527. The molecule has 1 aliphatic heterocycles. The second-order valence-electron chi connectivity index (χ2n) is 5.08. The van der Waals surface area contributed by atoms with Crippen molar-refractivity contribution in [2.45, 2.75) is 13.3 Å². The fourth-order valence-corrected chi connectivity index (χ4v) is 5.00. The average Bonchev–Trinajstić information content (AvgIpc) is 2.91. The Balaban J connectivity index is 1.78. The van der Waals surface area contributed by atoms with Crippen LogP contribution in [-0.4, -0.2) is 30.8 Å². The standard InChI is InChI=1S/C13H14N2O3S2/c1-8-2-3-10-11(6-8)19-13(14-10)15-12(16)9-4-5-20(17,18)7-9/h2-3,6,9H,4-5,7H2,1H3,(H,14,15,16). The van der Waals surface area contributed by atoms with Crippen molar-refractivity contribution in [2.24, 2.45) is 5.92 Å². The summed E-state index contributed by atoms with van der Waals surface area (Å²) in [7, 11) is -3.04. The molecule has 20 heavy (non-hydrogen) atoms. The highest BCUT2D eigenvalue weighted by atomic mass is 32.2. The first kappa shape index (κ1) is 13.5. The number of aryl methyl sites for hydroxylation is 1. The van der Waals surface area contributed by atoms with E-state index in [-0.39, 0.29) is 17.4 Å². The number of carbonyl (C=O) groups is 1. The monoisotopic (exact) mass is 310 g/mol. The molecule has 5 nitrogen and oxygen atoms in total. The van der Waals surface area contributed by atoms with Crippen LogP contribution in [0, 0.1) is 12.8 Å². The fraction of sp³-hybridized carbons (Fsp3) is 0.385. The van der Waals surface area contributed by atoms with Crippen LogP contribution in [0.25, 0.3) is 10.2 Å². The minimum atomic E-state index is -3.04. The van der Waals surface area contributed by atoms with Gasteiger partial charge in [-0.3, -0.25) is 4.79 Å². The average molecular weight is 310 g/mol. The third kappa shape index (κ3) is 2.69. The first-order valence-electron chi connectivity index (χ1n) is 6.31. The van der Waals surface area contributed by atoms with Gasteiger partial charge in [0, 0.05) is 0 Å². The summed E-state index contributed by atoms with van der Waals surface area (Å²) in [6.07, 6.45) is 0.401. The summed E-state index contributed by atoms with van der Waals surface area (Å²) in [4.78, 5) is 16.4. The van der Waals surface area contributed by atoms with Crippen molar-refractivity contribution in [3.8, 4) is 0 Å². The van der Waals surface area contributed by atoms with E-state index in [1.165, 1.54) is 11.3 Å². The highest BCUT2D eigenvalue weighted by Gasteiger charge is 2.33. The second-order valence-corrected chi connectivity index (χ2v) is 8.34. The lowest BCUT2D eigenvalue weighted by molar-refractivity contribution is -0.119. The van der Waals surface area contributed by atoms with Crippen LogP contribution in [0.2, 0.25) is 0 Å². The zero-order chi connectivity index (χ0) is 14.3. The van der Waals surface area contributed by atoms with Gasteiger partial charge in [-0.1, -0.05) is 17.4 Å². The Morgan fingerprint density at radius 3 is 2.95 bits per heavy atom. The van der Waals surface area contributed by atoms with Gasteiger partial charge in [0.15, 0.2) is 15.0 Å². The van der Waals surface area contributed by atoms with E-state index in [0.717, 1.165) is 15.8 Å². The molecule has 0 bridgehead atoms. The summed E-state index contributed by atoms with van der Waals surface area (Å²) in [6.45, 7) is 2.00. The van der Waals surface area contributed by atoms with Gasteiger partial charge in [0.05, 0.1) is 27.6 Å². The predicted octanol–water partition coefficient (Wildman–Crippen LogP) is 1.98. The SMILES string of the molecule is Cc1ccc2nc(NC(=O)C3CCS(=O)(=O)C3)sc2c1. The van der Waals surface area contributed by atoms with Gasteiger partial charge in [-0.15, -0.1) is 0 Å². The highest BCUT2D eigenvalue weighted by molar-refractivity contribution is 7.91. The zero-order valence-electron chi connectivity index (χ0n) is 10.9. The molecule has 1 N–H and O–H groups in total. The fourth-order valence-electron chi connectivity index (χ4n) is 2.29. The van der Waals surface area contributed by atoms with Crippen LogP contribution in [0.4, 0.5) is 5.13 Å². The van der Waals surface area contributed by atoms with Crippen LogP contribution in [0.3, 0.4) is 0 Å². The lowest BCUT2D eigenvalue weighted by atomic mass is 10.1. The van der Waals surface area contributed by atoms with Gasteiger partial charge in [-0.25, -0.2) is 13.4 Å². The summed E-state index contributed by atoms with van der Waals surface area (Å²) >= 11 is 1.41. The van der Waals surface area contributed by atoms with E-state index in [4.69, 9.17) is 0 Å². The highest BCUT2D eigenvalue weighted by Crippen LogP contribution is 2.28. The van der Waals surface area contributed by atoms with Crippen molar-refractivity contribution in [3.05, 3.63) is 23.8 Å². The van der Waals surface area contributed by atoms with Crippen molar-refractivity contribution in [1.29, 1.82) is 0 Å². The van der Waals surface area contributed by atoms with Gasteiger partial charge in [0.1, 0.15) is 0 Å². The number of aromatic nitrogens is 1. The number of benzene rings is 1. The number of fused-ring (bicyclic) bond motifs is 1. The van der Waals surface area contributed by atoms with E-state index in [0.29, 0.717) is 11.6 Å². The number of carbonyl (C=O) groups excluding carboxylic acids is 1. The molecule has 1 atom stereocenters. The molecule has 3 rings (SSSR count). The molecular formula is C13H14N2O3S2. The molecule has 1 aromatic heterocycles. The molecule has 1 aliphatic rings. The van der Waals surface area contributed by atoms with Crippen LogP contribution in [0.15, 0.2) is 18.2 Å². The van der Waals surface area contributed by atoms with E-state index in [2.05, 4.69) is 10.3 Å². The Labute approximate surface area is 120 Å². The maximum atomic E-state index is 12.0. The van der Waals surface area contributed by atoms with Gasteiger partial charge in [-0.05, 0) is 31.0 Å². The van der Waals surface area contributed by atoms with Crippen molar-refractivity contribution in [1.82, 2.24) is 4.98 Å². The van der Waals surface area contributed by atoms with Crippen LogP contribution >= 0.6 is 11.3 Å². The van der Waals surface area contributed by atoms with Crippen molar-refractivity contribution >= 4 is 42.4 Å². The zero-order valence-corrected chi connectivity index (χ0v) is 12.6. The van der Waals surface area contributed by atoms with E-state index in [9.17, 15) is 13.2 Å². The predicted molar refractivity (Wildman–Crippen MR) is 79.7 cm³/mol. The molecule has 0 spiro atoms. The van der Waals surface area contributed by atoms with Crippen LogP contribution < -0.4 is 5.32 Å². The number of rotatable bonds is 2. The number of hydrogen-bond donors (Lipinski definition) is 1. The minimum Gasteiger partial charge on any atom is -0.302 e. The summed E-state index contributed by atoms with van der Waals surface area (Å²) in [6, 6.07) is 5.90. The second kappa shape index (κ2) is 4.82. The van der Waals surface area contributed by atoms with Gasteiger partial charge in [0.25, 0.3) is 0 Å². The Hall–Kier alpha value is -1.47. The molecule has 106 valence electrons. The van der Waals surface area contributed by atoms with Gasteiger partial charge < -0.3 is 5.32 Å². The summed E-state index contributed by atoms with van der Waals surface area (Å²) in [5.41, 5.74) is 1.98. The molecule has 2 heterocycles. The molecule has 1 amide bonds. The number of anilines is 1.